The number of rotatable bonds is 6. The Labute approximate surface area is 170 Å². The summed E-state index contributed by atoms with van der Waals surface area (Å²) in [6.07, 6.45) is 1.79. The predicted molar refractivity (Wildman–Crippen MR) is 110 cm³/mol. The third kappa shape index (κ3) is 4.16. The number of amides is 1. The molecule has 0 saturated heterocycles. The fraction of sp³-hybridized carbons (Fsp3) is 0.150. The number of halogens is 1. The molecule has 0 saturated carbocycles. The summed E-state index contributed by atoms with van der Waals surface area (Å²) in [5, 5.41) is 9.83. The number of nitrogens with one attached hydrogen (secondary N) is 1. The van der Waals surface area contributed by atoms with Crippen LogP contribution in [0.3, 0.4) is 0 Å². The Bertz CT molecular complexity index is 1080. The summed E-state index contributed by atoms with van der Waals surface area (Å²) < 4.78 is 7.43. The molecule has 0 radical (unpaired) electrons. The Kier molecular flexibility index (Phi) is 5.27. The average Bonchev–Trinajstić information content (AvgIpc) is 3.40. The lowest BCUT2D eigenvalue weighted by Gasteiger charge is -2.09. The van der Waals surface area contributed by atoms with E-state index in [0.29, 0.717) is 34.7 Å². The molecule has 0 aliphatic rings. The number of hydrogen-bond donors (Lipinski definition) is 1. The number of nitrogens with zero attached hydrogens (tertiary/aromatic N) is 3. The van der Waals surface area contributed by atoms with Gasteiger partial charge in [0.25, 0.3) is 0 Å². The molecule has 0 atom stereocenters. The van der Waals surface area contributed by atoms with E-state index >= 15 is 0 Å². The molecule has 6 nitrogen and oxygen atoms in total. The maximum atomic E-state index is 12.5. The maximum Gasteiger partial charge on any atom is 0.236 e. The van der Waals surface area contributed by atoms with Crippen LogP contribution in [0.2, 0.25) is 5.02 Å². The Hall–Kier alpha value is -2.90. The van der Waals surface area contributed by atoms with E-state index in [-0.39, 0.29) is 12.3 Å². The van der Waals surface area contributed by atoms with E-state index in [1.165, 1.54) is 0 Å². The average molecular weight is 413 g/mol. The lowest BCUT2D eigenvalue weighted by atomic mass is 10.2. The molecule has 0 spiro atoms. The number of carbonyl (C=O) groups excluding carboxylic acids is 1. The molecule has 1 amide bonds. The van der Waals surface area contributed by atoms with Crippen LogP contribution in [0.1, 0.15) is 17.0 Å². The molecule has 0 fully saturated rings. The molecule has 0 aliphatic carbocycles. The second-order valence-corrected chi connectivity index (χ2v) is 7.61. The summed E-state index contributed by atoms with van der Waals surface area (Å²) in [5.74, 6) is 1.64. The van der Waals surface area contributed by atoms with Gasteiger partial charge in [-0.05, 0) is 36.1 Å². The molecule has 1 N–H and O–H groups in total. The Morgan fingerprint density at radius 1 is 1.25 bits per heavy atom. The van der Waals surface area contributed by atoms with E-state index in [9.17, 15) is 4.79 Å². The second-order valence-electron chi connectivity index (χ2n) is 6.22. The van der Waals surface area contributed by atoms with Crippen molar-refractivity contribution in [3.8, 4) is 10.8 Å². The van der Waals surface area contributed by atoms with Crippen LogP contribution in [-0.4, -0.2) is 20.7 Å². The number of thiophene rings is 1. The van der Waals surface area contributed by atoms with Crippen molar-refractivity contribution in [1.29, 1.82) is 0 Å². The van der Waals surface area contributed by atoms with Gasteiger partial charge < -0.3 is 9.73 Å². The topological polar surface area (TPSA) is 73.0 Å². The van der Waals surface area contributed by atoms with E-state index in [4.69, 9.17) is 16.0 Å². The van der Waals surface area contributed by atoms with Crippen LogP contribution in [0.15, 0.2) is 58.5 Å². The Balaban J connectivity index is 1.44. The smallest absolute Gasteiger partial charge is 0.236 e. The highest BCUT2D eigenvalue weighted by Crippen LogP contribution is 2.26. The van der Waals surface area contributed by atoms with E-state index in [1.54, 1.807) is 28.3 Å². The zero-order chi connectivity index (χ0) is 19.5. The minimum Gasteiger partial charge on any atom is -0.440 e. The van der Waals surface area contributed by atoms with E-state index in [0.717, 1.165) is 10.4 Å². The first-order chi connectivity index (χ1) is 13.6. The van der Waals surface area contributed by atoms with Crippen LogP contribution < -0.4 is 5.32 Å². The summed E-state index contributed by atoms with van der Waals surface area (Å²) in [7, 11) is 0. The Morgan fingerprint density at radius 2 is 2.07 bits per heavy atom. The van der Waals surface area contributed by atoms with Gasteiger partial charge in [0.1, 0.15) is 11.6 Å². The number of carbonyl (C=O) groups is 1. The van der Waals surface area contributed by atoms with Gasteiger partial charge in [0, 0.05) is 11.1 Å². The molecule has 4 rings (SSSR count). The van der Waals surface area contributed by atoms with Crippen LogP contribution in [0.4, 0.5) is 5.82 Å². The van der Waals surface area contributed by atoms with Crippen molar-refractivity contribution in [3.63, 3.8) is 0 Å². The minimum absolute atomic E-state index is 0.132. The largest absolute Gasteiger partial charge is 0.440 e. The molecule has 142 valence electrons. The molecule has 28 heavy (non-hydrogen) atoms. The number of aromatic nitrogens is 3. The van der Waals surface area contributed by atoms with Crippen molar-refractivity contribution in [2.45, 2.75) is 19.9 Å². The van der Waals surface area contributed by atoms with Gasteiger partial charge in [-0.1, -0.05) is 29.8 Å². The zero-order valence-electron chi connectivity index (χ0n) is 15.1. The van der Waals surface area contributed by atoms with Crippen molar-refractivity contribution in [2.75, 3.05) is 5.32 Å². The quantitative estimate of drug-likeness (QED) is 0.494. The number of anilines is 1. The van der Waals surface area contributed by atoms with Crippen molar-refractivity contribution in [3.05, 3.63) is 76.1 Å². The molecule has 0 bridgehead atoms. The highest BCUT2D eigenvalue weighted by Gasteiger charge is 2.16. The third-order valence-electron chi connectivity index (χ3n) is 4.18. The second kappa shape index (κ2) is 8.00. The first kappa shape index (κ1) is 18.5. The van der Waals surface area contributed by atoms with Gasteiger partial charge in [0.15, 0.2) is 0 Å². The van der Waals surface area contributed by atoms with Crippen molar-refractivity contribution < 1.29 is 9.21 Å². The van der Waals surface area contributed by atoms with Gasteiger partial charge in [0.2, 0.25) is 11.8 Å². The van der Waals surface area contributed by atoms with Crippen molar-refractivity contribution >= 4 is 34.7 Å². The fourth-order valence-corrected chi connectivity index (χ4v) is 3.54. The van der Waals surface area contributed by atoms with E-state index in [1.807, 2.05) is 48.7 Å². The number of aryl methyl sites for hydroxylation is 1. The summed E-state index contributed by atoms with van der Waals surface area (Å²) in [5.41, 5.74) is 1.67. The van der Waals surface area contributed by atoms with Crippen LogP contribution in [0.25, 0.3) is 10.8 Å². The first-order valence-corrected chi connectivity index (χ1v) is 9.90. The summed E-state index contributed by atoms with van der Waals surface area (Å²) in [6, 6.07) is 13.2. The molecule has 1 aromatic carbocycles. The van der Waals surface area contributed by atoms with Gasteiger partial charge in [-0.15, -0.1) is 11.3 Å². The van der Waals surface area contributed by atoms with Crippen LogP contribution in [-0.2, 0) is 17.8 Å². The van der Waals surface area contributed by atoms with Crippen molar-refractivity contribution in [1.82, 2.24) is 14.8 Å². The minimum atomic E-state index is -0.174. The van der Waals surface area contributed by atoms with Gasteiger partial charge in [-0.3, -0.25) is 4.79 Å². The highest BCUT2D eigenvalue weighted by atomic mass is 35.5. The zero-order valence-corrected chi connectivity index (χ0v) is 16.6. The predicted octanol–water partition coefficient (Wildman–Crippen LogP) is 4.79. The maximum absolute atomic E-state index is 12.5. The van der Waals surface area contributed by atoms with Gasteiger partial charge >= 0.3 is 0 Å². The van der Waals surface area contributed by atoms with E-state index in [2.05, 4.69) is 15.4 Å². The summed E-state index contributed by atoms with van der Waals surface area (Å²) in [4.78, 5) is 17.9. The summed E-state index contributed by atoms with van der Waals surface area (Å²) >= 11 is 7.47. The number of hydrogen-bond acceptors (Lipinski definition) is 5. The summed E-state index contributed by atoms with van der Waals surface area (Å²) in [6.45, 7) is 2.35. The molecular formula is C20H17ClN4O2S. The lowest BCUT2D eigenvalue weighted by molar-refractivity contribution is -0.115. The van der Waals surface area contributed by atoms with Gasteiger partial charge in [-0.25, -0.2) is 9.67 Å². The van der Waals surface area contributed by atoms with Crippen molar-refractivity contribution in [2.24, 2.45) is 0 Å². The third-order valence-corrected chi connectivity index (χ3v) is 5.29. The number of benzene rings is 1. The monoisotopic (exact) mass is 412 g/mol. The molecule has 4 aromatic rings. The SMILES string of the molecule is Cc1oc(-c2cccs2)nc1CC(=O)Nc1ccnn1Cc1ccc(Cl)cc1. The molecular weight excluding hydrogens is 396 g/mol. The first-order valence-electron chi connectivity index (χ1n) is 8.65. The fourth-order valence-electron chi connectivity index (χ4n) is 2.76. The van der Waals surface area contributed by atoms with E-state index < -0.39 is 0 Å². The van der Waals surface area contributed by atoms with Crippen LogP contribution in [0, 0.1) is 6.92 Å². The standard InChI is InChI=1S/C20H17ClN4O2S/c1-13-16(23-20(27-13)17-3-2-10-28-17)11-19(26)24-18-8-9-22-25(18)12-14-4-6-15(21)7-5-14/h2-10H,11-12H2,1H3,(H,24,26). The molecule has 0 aliphatic heterocycles. The Morgan fingerprint density at radius 3 is 2.82 bits per heavy atom. The number of oxazole rings is 1. The van der Waals surface area contributed by atoms with Crippen LogP contribution in [0.5, 0.6) is 0 Å². The normalized spacial score (nSPS) is 10.9. The molecule has 0 unspecified atom stereocenters. The van der Waals surface area contributed by atoms with Gasteiger partial charge in [0.05, 0.1) is 29.7 Å². The lowest BCUT2D eigenvalue weighted by Crippen LogP contribution is -2.18. The van der Waals surface area contributed by atoms with Gasteiger partial charge in [-0.2, -0.15) is 5.10 Å². The van der Waals surface area contributed by atoms with Crippen LogP contribution >= 0.6 is 22.9 Å². The molecule has 3 aromatic heterocycles. The molecule has 8 heteroatoms. The molecule has 3 heterocycles. The highest BCUT2D eigenvalue weighted by molar-refractivity contribution is 7.13.